The lowest BCUT2D eigenvalue weighted by Gasteiger charge is -2.06. The van der Waals surface area contributed by atoms with Crippen LogP contribution in [0.1, 0.15) is 19.4 Å². The first-order valence-electron chi connectivity index (χ1n) is 4.73. The smallest absolute Gasteiger partial charge is 0.221 e. The number of hydrogen-bond acceptors (Lipinski definition) is 2. The van der Waals surface area contributed by atoms with Crippen LogP contribution in [0.4, 0.5) is 5.69 Å². The molecule has 1 aliphatic heterocycles. The molecular weight excluding hydrogens is 178 g/mol. The predicted octanol–water partition coefficient (Wildman–Crippen LogP) is 1.97. The van der Waals surface area contributed by atoms with Crippen LogP contribution >= 0.6 is 0 Å². The van der Waals surface area contributed by atoms with E-state index in [0.717, 1.165) is 23.4 Å². The SMILES string of the molecule is CC(=O)Nc1cccc2c1CC(C)O2. The normalized spacial score (nSPS) is 18.6. The molecule has 1 atom stereocenters. The number of hydrogen-bond donors (Lipinski definition) is 1. The third-order valence-electron chi connectivity index (χ3n) is 2.26. The maximum Gasteiger partial charge on any atom is 0.221 e. The molecule has 0 saturated carbocycles. The summed E-state index contributed by atoms with van der Waals surface area (Å²) in [6.07, 6.45) is 1.08. The van der Waals surface area contributed by atoms with Crippen molar-refractivity contribution >= 4 is 11.6 Å². The predicted molar refractivity (Wildman–Crippen MR) is 54.5 cm³/mol. The van der Waals surface area contributed by atoms with Crippen LogP contribution in [-0.2, 0) is 11.2 Å². The molecule has 3 heteroatoms. The van der Waals surface area contributed by atoms with E-state index in [9.17, 15) is 4.79 Å². The largest absolute Gasteiger partial charge is 0.490 e. The van der Waals surface area contributed by atoms with Crippen molar-refractivity contribution in [3.63, 3.8) is 0 Å². The van der Waals surface area contributed by atoms with Gasteiger partial charge in [-0.05, 0) is 19.1 Å². The molecule has 1 aromatic rings. The molecule has 14 heavy (non-hydrogen) atoms. The first-order chi connectivity index (χ1) is 6.66. The number of benzene rings is 1. The maximum absolute atomic E-state index is 10.9. The van der Waals surface area contributed by atoms with Gasteiger partial charge in [0, 0.05) is 24.6 Å². The zero-order valence-corrected chi connectivity index (χ0v) is 8.33. The first kappa shape index (κ1) is 9.06. The van der Waals surface area contributed by atoms with Crippen molar-refractivity contribution in [1.82, 2.24) is 0 Å². The number of amides is 1. The van der Waals surface area contributed by atoms with Crippen LogP contribution in [-0.4, -0.2) is 12.0 Å². The molecule has 1 N–H and O–H groups in total. The zero-order valence-electron chi connectivity index (χ0n) is 8.33. The zero-order chi connectivity index (χ0) is 10.1. The van der Waals surface area contributed by atoms with Crippen LogP contribution in [0.2, 0.25) is 0 Å². The van der Waals surface area contributed by atoms with Gasteiger partial charge >= 0.3 is 0 Å². The minimum Gasteiger partial charge on any atom is -0.490 e. The highest BCUT2D eigenvalue weighted by molar-refractivity contribution is 5.90. The van der Waals surface area contributed by atoms with Gasteiger partial charge in [0.2, 0.25) is 5.91 Å². The summed E-state index contributed by atoms with van der Waals surface area (Å²) in [6.45, 7) is 3.54. The van der Waals surface area contributed by atoms with Crippen LogP contribution in [0.5, 0.6) is 5.75 Å². The van der Waals surface area contributed by atoms with E-state index in [1.807, 2.05) is 25.1 Å². The fraction of sp³-hybridized carbons (Fsp3) is 0.364. The Labute approximate surface area is 83.1 Å². The van der Waals surface area contributed by atoms with Gasteiger partial charge in [0.15, 0.2) is 0 Å². The number of carbonyl (C=O) groups excluding carboxylic acids is 1. The van der Waals surface area contributed by atoms with Crippen LogP contribution in [0.25, 0.3) is 0 Å². The summed E-state index contributed by atoms with van der Waals surface area (Å²) < 4.78 is 5.58. The quantitative estimate of drug-likeness (QED) is 0.737. The second-order valence-corrected chi connectivity index (χ2v) is 3.60. The van der Waals surface area contributed by atoms with Crippen molar-refractivity contribution in [2.45, 2.75) is 26.4 Å². The Balaban J connectivity index is 2.34. The highest BCUT2D eigenvalue weighted by atomic mass is 16.5. The lowest BCUT2D eigenvalue weighted by atomic mass is 10.1. The van der Waals surface area contributed by atoms with Gasteiger partial charge < -0.3 is 10.1 Å². The third-order valence-corrected chi connectivity index (χ3v) is 2.26. The van der Waals surface area contributed by atoms with E-state index >= 15 is 0 Å². The fourth-order valence-electron chi connectivity index (χ4n) is 1.74. The Bertz CT molecular complexity index is 374. The van der Waals surface area contributed by atoms with Crippen molar-refractivity contribution in [3.8, 4) is 5.75 Å². The lowest BCUT2D eigenvalue weighted by molar-refractivity contribution is -0.114. The van der Waals surface area contributed by atoms with Gasteiger partial charge in [-0.15, -0.1) is 0 Å². The first-order valence-corrected chi connectivity index (χ1v) is 4.73. The molecule has 0 aromatic heterocycles. The van der Waals surface area contributed by atoms with Crippen molar-refractivity contribution in [2.75, 3.05) is 5.32 Å². The van der Waals surface area contributed by atoms with E-state index in [-0.39, 0.29) is 12.0 Å². The molecule has 0 saturated heterocycles. The highest BCUT2D eigenvalue weighted by Gasteiger charge is 2.21. The lowest BCUT2D eigenvalue weighted by Crippen LogP contribution is -2.08. The minimum absolute atomic E-state index is 0.0436. The maximum atomic E-state index is 10.9. The second-order valence-electron chi connectivity index (χ2n) is 3.60. The molecule has 0 radical (unpaired) electrons. The summed E-state index contributed by atoms with van der Waals surface area (Å²) in [6, 6.07) is 5.73. The van der Waals surface area contributed by atoms with Gasteiger partial charge in [-0.2, -0.15) is 0 Å². The molecule has 1 amide bonds. The average Bonchev–Trinajstić information content (AvgIpc) is 2.45. The van der Waals surface area contributed by atoms with E-state index < -0.39 is 0 Å². The standard InChI is InChI=1S/C11H13NO2/c1-7-6-9-10(12-8(2)13)4-3-5-11(9)14-7/h3-5,7H,6H2,1-2H3,(H,12,13). The Hall–Kier alpha value is -1.51. The van der Waals surface area contributed by atoms with Gasteiger partial charge in [0.05, 0.1) is 0 Å². The Morgan fingerprint density at radius 3 is 3.07 bits per heavy atom. The molecule has 0 bridgehead atoms. The Morgan fingerprint density at radius 1 is 1.57 bits per heavy atom. The van der Waals surface area contributed by atoms with Crippen molar-refractivity contribution in [2.24, 2.45) is 0 Å². The van der Waals surface area contributed by atoms with Crippen molar-refractivity contribution < 1.29 is 9.53 Å². The van der Waals surface area contributed by atoms with Crippen LogP contribution < -0.4 is 10.1 Å². The van der Waals surface area contributed by atoms with Gasteiger partial charge in [0.25, 0.3) is 0 Å². The molecule has 1 aromatic carbocycles. The molecule has 0 aliphatic carbocycles. The monoisotopic (exact) mass is 191 g/mol. The van der Waals surface area contributed by atoms with Gasteiger partial charge in [-0.3, -0.25) is 4.79 Å². The molecule has 1 unspecified atom stereocenters. The van der Waals surface area contributed by atoms with Crippen LogP contribution in [0, 0.1) is 0 Å². The van der Waals surface area contributed by atoms with Gasteiger partial charge in [-0.25, -0.2) is 0 Å². The Morgan fingerprint density at radius 2 is 2.36 bits per heavy atom. The summed E-state index contributed by atoms with van der Waals surface area (Å²) in [5.41, 5.74) is 1.98. The summed E-state index contributed by atoms with van der Waals surface area (Å²) >= 11 is 0. The minimum atomic E-state index is -0.0436. The molecule has 3 nitrogen and oxygen atoms in total. The third kappa shape index (κ3) is 1.58. The van der Waals surface area contributed by atoms with E-state index in [1.165, 1.54) is 6.92 Å². The topological polar surface area (TPSA) is 38.3 Å². The van der Waals surface area contributed by atoms with Crippen molar-refractivity contribution in [1.29, 1.82) is 0 Å². The Kier molecular flexibility index (Phi) is 2.15. The molecule has 1 aliphatic rings. The molecule has 1 heterocycles. The highest BCUT2D eigenvalue weighted by Crippen LogP contribution is 2.34. The van der Waals surface area contributed by atoms with Gasteiger partial charge in [-0.1, -0.05) is 6.07 Å². The number of carbonyl (C=O) groups is 1. The van der Waals surface area contributed by atoms with E-state index in [1.54, 1.807) is 0 Å². The van der Waals surface area contributed by atoms with E-state index in [2.05, 4.69) is 5.32 Å². The molecule has 74 valence electrons. The number of nitrogens with one attached hydrogen (secondary N) is 1. The number of fused-ring (bicyclic) bond motifs is 1. The number of anilines is 1. The van der Waals surface area contributed by atoms with Gasteiger partial charge in [0.1, 0.15) is 11.9 Å². The summed E-state index contributed by atoms with van der Waals surface area (Å²) in [7, 11) is 0. The second kappa shape index (κ2) is 3.33. The molecule has 0 fully saturated rings. The van der Waals surface area contributed by atoms with E-state index in [0.29, 0.717) is 0 Å². The van der Waals surface area contributed by atoms with Crippen LogP contribution in [0.3, 0.4) is 0 Å². The average molecular weight is 191 g/mol. The van der Waals surface area contributed by atoms with E-state index in [4.69, 9.17) is 4.74 Å². The fourth-order valence-corrected chi connectivity index (χ4v) is 1.74. The number of rotatable bonds is 1. The summed E-state index contributed by atoms with van der Waals surface area (Å²) in [5.74, 6) is 0.849. The molecule has 0 spiro atoms. The number of ether oxygens (including phenoxy) is 1. The van der Waals surface area contributed by atoms with Crippen molar-refractivity contribution in [3.05, 3.63) is 23.8 Å². The molecule has 2 rings (SSSR count). The van der Waals surface area contributed by atoms with Crippen LogP contribution in [0.15, 0.2) is 18.2 Å². The summed E-state index contributed by atoms with van der Waals surface area (Å²) in [5, 5.41) is 2.81. The molecular formula is C11H13NO2. The summed E-state index contributed by atoms with van der Waals surface area (Å²) in [4.78, 5) is 10.9.